The maximum atomic E-state index is 11.7. The Balaban J connectivity index is 0.00000264. The molecule has 0 heterocycles. The van der Waals surface area contributed by atoms with Gasteiger partial charge in [-0.25, -0.2) is 4.79 Å². The number of ether oxygens (including phenoxy) is 1. The average Bonchev–Trinajstić information content (AvgIpc) is 2.48. The molecule has 2 aromatic carbocycles. The molecule has 0 unspecified atom stereocenters. The fourth-order valence-corrected chi connectivity index (χ4v) is 2.15. The summed E-state index contributed by atoms with van der Waals surface area (Å²) in [6.45, 7) is 3.87. The summed E-state index contributed by atoms with van der Waals surface area (Å²) in [5.41, 5.74) is 3.09. The number of nitrogens with one attached hydrogen (secondary N) is 1. The highest BCUT2D eigenvalue weighted by atomic mass is 35.5. The van der Waals surface area contributed by atoms with Gasteiger partial charge in [0.2, 0.25) is 0 Å². The lowest BCUT2D eigenvalue weighted by atomic mass is 10.2. The number of amides is 1. The molecule has 5 heteroatoms. The van der Waals surface area contributed by atoms with E-state index in [-0.39, 0.29) is 12.4 Å². The zero-order chi connectivity index (χ0) is 15.8. The Morgan fingerprint density at radius 3 is 2.57 bits per heavy atom. The van der Waals surface area contributed by atoms with Gasteiger partial charge in [-0.05, 0) is 37.2 Å². The predicted octanol–water partition coefficient (Wildman–Crippen LogP) is 4.10. The zero-order valence-corrected chi connectivity index (χ0v) is 14.3. The van der Waals surface area contributed by atoms with Crippen molar-refractivity contribution in [1.29, 1.82) is 0 Å². The Kier molecular flexibility index (Phi) is 8.16. The van der Waals surface area contributed by atoms with Crippen LogP contribution < -0.4 is 5.32 Å². The van der Waals surface area contributed by atoms with Gasteiger partial charge in [0.15, 0.2) is 0 Å². The molecule has 0 aliphatic rings. The van der Waals surface area contributed by atoms with Gasteiger partial charge >= 0.3 is 6.09 Å². The van der Waals surface area contributed by atoms with E-state index in [4.69, 9.17) is 4.74 Å². The summed E-state index contributed by atoms with van der Waals surface area (Å²) in [5, 5.41) is 2.73. The molecule has 0 radical (unpaired) electrons. The third-order valence-electron chi connectivity index (χ3n) is 3.27. The number of hydrogen-bond donors (Lipinski definition) is 1. The fraction of sp³-hybridized carbons (Fsp3) is 0.278. The number of benzene rings is 2. The number of anilines is 1. The quantitative estimate of drug-likeness (QED) is 0.864. The normalized spacial score (nSPS) is 10.0. The molecule has 23 heavy (non-hydrogen) atoms. The third kappa shape index (κ3) is 7.17. The number of nitrogens with zero attached hydrogens (tertiary/aromatic N) is 1. The molecule has 4 nitrogen and oxygen atoms in total. The van der Waals surface area contributed by atoms with Gasteiger partial charge in [-0.15, -0.1) is 12.4 Å². The largest absolute Gasteiger partial charge is 0.448 e. The lowest BCUT2D eigenvalue weighted by Crippen LogP contribution is -2.25. The molecule has 0 bridgehead atoms. The van der Waals surface area contributed by atoms with Gasteiger partial charge in [-0.2, -0.15) is 0 Å². The van der Waals surface area contributed by atoms with Crippen molar-refractivity contribution < 1.29 is 9.53 Å². The smallest absolute Gasteiger partial charge is 0.411 e. The number of rotatable bonds is 6. The lowest BCUT2D eigenvalue weighted by molar-refractivity contribution is 0.145. The van der Waals surface area contributed by atoms with Gasteiger partial charge in [0.05, 0.1) is 0 Å². The fourth-order valence-electron chi connectivity index (χ4n) is 2.15. The maximum Gasteiger partial charge on any atom is 0.411 e. The SMILES string of the molecule is Cc1cccc(NC(=O)OCCN(C)Cc2ccccc2)c1.Cl. The predicted molar refractivity (Wildman–Crippen MR) is 96.2 cm³/mol. The molecule has 0 saturated heterocycles. The Labute approximate surface area is 143 Å². The minimum absolute atomic E-state index is 0. The molecule has 0 aliphatic heterocycles. The molecule has 2 rings (SSSR count). The van der Waals surface area contributed by atoms with E-state index in [1.807, 2.05) is 56.4 Å². The first-order chi connectivity index (χ1) is 10.6. The molecule has 2 aromatic rings. The van der Waals surface area contributed by atoms with Crippen molar-refractivity contribution in [3.05, 3.63) is 65.7 Å². The first-order valence-corrected chi connectivity index (χ1v) is 7.36. The molecular weight excluding hydrogens is 312 g/mol. The van der Waals surface area contributed by atoms with Crippen molar-refractivity contribution in [1.82, 2.24) is 4.90 Å². The molecule has 0 saturated carbocycles. The molecule has 0 atom stereocenters. The van der Waals surface area contributed by atoms with Crippen LogP contribution in [0.5, 0.6) is 0 Å². The van der Waals surface area contributed by atoms with E-state index >= 15 is 0 Å². The van der Waals surface area contributed by atoms with Gasteiger partial charge < -0.3 is 4.74 Å². The van der Waals surface area contributed by atoms with Crippen LogP contribution in [0.3, 0.4) is 0 Å². The van der Waals surface area contributed by atoms with Crippen LogP contribution in [-0.2, 0) is 11.3 Å². The second-order valence-corrected chi connectivity index (χ2v) is 5.35. The molecule has 1 N–H and O–H groups in total. The average molecular weight is 335 g/mol. The molecule has 0 spiro atoms. The van der Waals surface area contributed by atoms with Gasteiger partial charge in [0.25, 0.3) is 0 Å². The van der Waals surface area contributed by atoms with Crippen LogP contribution in [0.25, 0.3) is 0 Å². The zero-order valence-electron chi connectivity index (χ0n) is 13.5. The minimum atomic E-state index is -0.418. The standard InChI is InChI=1S/C18H22N2O2.ClH/c1-15-7-6-10-17(13-15)19-18(21)22-12-11-20(2)14-16-8-4-3-5-9-16;/h3-10,13H,11-12,14H2,1-2H3,(H,19,21);1H. The third-order valence-corrected chi connectivity index (χ3v) is 3.27. The summed E-state index contributed by atoms with van der Waals surface area (Å²) in [5.74, 6) is 0. The van der Waals surface area contributed by atoms with Gasteiger partial charge in [-0.1, -0.05) is 42.5 Å². The summed E-state index contributed by atoms with van der Waals surface area (Å²) < 4.78 is 5.20. The van der Waals surface area contributed by atoms with Crippen LogP contribution >= 0.6 is 12.4 Å². The van der Waals surface area contributed by atoms with Crippen molar-refractivity contribution in [2.75, 3.05) is 25.5 Å². The molecule has 0 aromatic heterocycles. The highest BCUT2D eigenvalue weighted by Gasteiger charge is 2.05. The summed E-state index contributed by atoms with van der Waals surface area (Å²) in [6.07, 6.45) is -0.418. The summed E-state index contributed by atoms with van der Waals surface area (Å²) >= 11 is 0. The van der Waals surface area contributed by atoms with E-state index in [1.165, 1.54) is 5.56 Å². The van der Waals surface area contributed by atoms with E-state index in [2.05, 4.69) is 22.3 Å². The Bertz CT molecular complexity index is 605. The van der Waals surface area contributed by atoms with E-state index < -0.39 is 6.09 Å². The number of aryl methyl sites for hydroxylation is 1. The molecular formula is C18H23ClN2O2. The lowest BCUT2D eigenvalue weighted by Gasteiger charge is -2.16. The van der Waals surface area contributed by atoms with Crippen molar-refractivity contribution in [2.45, 2.75) is 13.5 Å². The Morgan fingerprint density at radius 1 is 1.13 bits per heavy atom. The topological polar surface area (TPSA) is 41.6 Å². The van der Waals surface area contributed by atoms with Gasteiger partial charge in [-0.3, -0.25) is 10.2 Å². The van der Waals surface area contributed by atoms with E-state index in [0.29, 0.717) is 13.2 Å². The van der Waals surface area contributed by atoms with Crippen molar-refractivity contribution in [3.8, 4) is 0 Å². The monoisotopic (exact) mass is 334 g/mol. The van der Waals surface area contributed by atoms with Crippen LogP contribution in [-0.4, -0.2) is 31.2 Å². The Hall–Kier alpha value is -2.04. The van der Waals surface area contributed by atoms with Gasteiger partial charge in [0, 0.05) is 18.8 Å². The van der Waals surface area contributed by atoms with E-state index in [0.717, 1.165) is 17.8 Å². The first-order valence-electron chi connectivity index (χ1n) is 7.36. The Morgan fingerprint density at radius 2 is 1.87 bits per heavy atom. The van der Waals surface area contributed by atoms with Crippen LogP contribution in [0, 0.1) is 6.92 Å². The highest BCUT2D eigenvalue weighted by molar-refractivity contribution is 5.85. The van der Waals surface area contributed by atoms with Crippen molar-refractivity contribution >= 4 is 24.2 Å². The molecule has 0 fully saturated rings. The van der Waals surface area contributed by atoms with Crippen molar-refractivity contribution in [2.24, 2.45) is 0 Å². The molecule has 1 amide bonds. The van der Waals surface area contributed by atoms with Crippen molar-refractivity contribution in [3.63, 3.8) is 0 Å². The minimum Gasteiger partial charge on any atom is -0.448 e. The number of likely N-dealkylation sites (N-methyl/N-ethyl adjacent to an activating group) is 1. The summed E-state index contributed by atoms with van der Waals surface area (Å²) in [4.78, 5) is 13.8. The van der Waals surface area contributed by atoms with Crippen LogP contribution in [0.4, 0.5) is 10.5 Å². The first kappa shape index (κ1) is 19.0. The van der Waals surface area contributed by atoms with E-state index in [1.54, 1.807) is 0 Å². The summed E-state index contributed by atoms with van der Waals surface area (Å²) in [6, 6.07) is 17.8. The molecule has 0 aliphatic carbocycles. The van der Waals surface area contributed by atoms with Crippen LogP contribution in [0.1, 0.15) is 11.1 Å². The van der Waals surface area contributed by atoms with E-state index in [9.17, 15) is 4.79 Å². The highest BCUT2D eigenvalue weighted by Crippen LogP contribution is 2.09. The van der Waals surface area contributed by atoms with Gasteiger partial charge in [0.1, 0.15) is 6.61 Å². The van der Waals surface area contributed by atoms with Crippen LogP contribution in [0.15, 0.2) is 54.6 Å². The summed E-state index contributed by atoms with van der Waals surface area (Å²) in [7, 11) is 2.01. The second-order valence-electron chi connectivity index (χ2n) is 5.35. The number of carbonyl (C=O) groups excluding carboxylic acids is 1. The number of carbonyl (C=O) groups is 1. The molecule has 124 valence electrons. The number of hydrogen-bond acceptors (Lipinski definition) is 3. The second kappa shape index (κ2) is 9.87. The maximum absolute atomic E-state index is 11.7. The van der Waals surface area contributed by atoms with Crippen LogP contribution in [0.2, 0.25) is 0 Å². The number of halogens is 1.